The van der Waals surface area contributed by atoms with Crippen molar-refractivity contribution in [3.8, 4) is 5.75 Å². The van der Waals surface area contributed by atoms with E-state index in [2.05, 4.69) is 22.6 Å². The normalized spacial score (nSPS) is 36.7. The second-order valence-electron chi connectivity index (χ2n) is 5.58. The van der Waals surface area contributed by atoms with Gasteiger partial charge in [0, 0.05) is 16.6 Å². The first-order valence-electron chi connectivity index (χ1n) is 7.58. The van der Waals surface area contributed by atoms with E-state index >= 15 is 0 Å². The molecule has 0 aromatic heterocycles. The van der Waals surface area contributed by atoms with Gasteiger partial charge < -0.3 is 28.8 Å². The highest BCUT2D eigenvalue weighted by molar-refractivity contribution is 14.1. The van der Waals surface area contributed by atoms with Crippen molar-refractivity contribution in [1.29, 1.82) is 0 Å². The largest absolute Gasteiger partial charge is 0.497 e. The summed E-state index contributed by atoms with van der Waals surface area (Å²) in [6.45, 7) is 2.41. The van der Waals surface area contributed by atoms with Gasteiger partial charge >= 0.3 is 0 Å². The van der Waals surface area contributed by atoms with Crippen LogP contribution in [0.2, 0.25) is 0 Å². The number of methoxy groups -OCH3 is 1. The molecule has 0 aliphatic carbocycles. The Bertz CT molecular complexity index is 541. The van der Waals surface area contributed by atoms with Crippen molar-refractivity contribution < 1.29 is 28.8 Å². The Labute approximate surface area is 149 Å². The van der Waals surface area contributed by atoms with Crippen LogP contribution < -0.4 is 4.74 Å². The summed E-state index contributed by atoms with van der Waals surface area (Å²) in [5.41, 5.74) is -0.445. The van der Waals surface area contributed by atoms with Crippen molar-refractivity contribution in [3.05, 3.63) is 29.8 Å². The molecule has 0 amide bonds. The Balaban J connectivity index is 1.81. The minimum Gasteiger partial charge on any atom is -0.497 e. The van der Waals surface area contributed by atoms with Gasteiger partial charge in [-0.15, -0.1) is 0 Å². The number of rotatable bonds is 5. The third-order valence-corrected chi connectivity index (χ3v) is 4.98. The first-order valence-corrected chi connectivity index (χ1v) is 9.11. The van der Waals surface area contributed by atoms with Crippen LogP contribution >= 0.6 is 22.6 Å². The molecule has 0 spiro atoms. The van der Waals surface area contributed by atoms with Crippen LogP contribution in [0.25, 0.3) is 0 Å². The third kappa shape index (κ3) is 3.22. The second-order valence-corrected chi connectivity index (χ2v) is 6.46. The molecular weight excluding hydrogens is 415 g/mol. The van der Waals surface area contributed by atoms with Crippen LogP contribution in [-0.2, 0) is 18.9 Å². The molecule has 1 aromatic rings. The van der Waals surface area contributed by atoms with E-state index in [9.17, 15) is 5.11 Å². The lowest BCUT2D eigenvalue weighted by molar-refractivity contribution is -0.306. The molecule has 5 atom stereocenters. The fraction of sp³-hybridized carbons (Fsp3) is 0.625. The number of halogens is 1. The van der Waals surface area contributed by atoms with Crippen LogP contribution in [0.15, 0.2) is 24.3 Å². The molecule has 128 valence electrons. The maximum Gasteiger partial charge on any atom is 0.191 e. The van der Waals surface area contributed by atoms with Gasteiger partial charge in [0.05, 0.1) is 19.8 Å². The zero-order valence-corrected chi connectivity index (χ0v) is 15.3. The molecule has 0 radical (unpaired) electrons. The minimum absolute atomic E-state index is 0.0946. The summed E-state index contributed by atoms with van der Waals surface area (Å²) in [7, 11) is 1.62. The molecule has 1 N–H and O–H groups in total. The molecule has 2 aliphatic rings. The van der Waals surface area contributed by atoms with Crippen LogP contribution in [-0.4, -0.2) is 54.0 Å². The number of fused-ring (bicyclic) bond motifs is 1. The van der Waals surface area contributed by atoms with Crippen LogP contribution in [0, 0.1) is 0 Å². The summed E-state index contributed by atoms with van der Waals surface area (Å²) < 4.78 is 29.1. The molecule has 0 saturated carbocycles. The number of ether oxygens (including phenoxy) is 5. The first-order chi connectivity index (χ1) is 11.1. The molecule has 6 nitrogen and oxygen atoms in total. The van der Waals surface area contributed by atoms with Crippen molar-refractivity contribution in [1.82, 2.24) is 0 Å². The van der Waals surface area contributed by atoms with E-state index in [4.69, 9.17) is 23.7 Å². The predicted octanol–water partition coefficient (Wildman–Crippen LogP) is 2.04. The molecule has 2 heterocycles. The Kier molecular flexibility index (Phi) is 5.44. The fourth-order valence-electron chi connectivity index (χ4n) is 2.96. The lowest BCUT2D eigenvalue weighted by Crippen LogP contribution is -2.57. The molecule has 0 unspecified atom stereocenters. The smallest absolute Gasteiger partial charge is 0.191 e. The van der Waals surface area contributed by atoms with Crippen LogP contribution in [0.4, 0.5) is 0 Å². The number of alkyl halides is 1. The Morgan fingerprint density at radius 1 is 1.39 bits per heavy atom. The molecule has 7 heteroatoms. The van der Waals surface area contributed by atoms with E-state index in [0.717, 1.165) is 11.3 Å². The zero-order valence-electron chi connectivity index (χ0n) is 13.1. The summed E-state index contributed by atoms with van der Waals surface area (Å²) in [5, 5.41) is 10.9. The lowest BCUT2D eigenvalue weighted by Gasteiger charge is -2.40. The van der Waals surface area contributed by atoms with Gasteiger partial charge in [-0.25, -0.2) is 0 Å². The molecule has 2 saturated heterocycles. The van der Waals surface area contributed by atoms with Crippen molar-refractivity contribution in [3.63, 3.8) is 0 Å². The van der Waals surface area contributed by atoms with Crippen molar-refractivity contribution in [2.24, 2.45) is 0 Å². The summed E-state index contributed by atoms with van der Waals surface area (Å²) in [5.74, 6) is 0.732. The first kappa shape index (κ1) is 17.4. The van der Waals surface area contributed by atoms with E-state index < -0.39 is 24.3 Å². The van der Waals surface area contributed by atoms with Crippen molar-refractivity contribution >= 4 is 22.6 Å². The molecule has 3 rings (SSSR count). The Morgan fingerprint density at radius 3 is 2.91 bits per heavy atom. The van der Waals surface area contributed by atoms with E-state index in [1.807, 2.05) is 31.2 Å². The summed E-state index contributed by atoms with van der Waals surface area (Å²) in [6.07, 6.45) is -2.04. The third-order valence-electron chi connectivity index (χ3n) is 4.11. The summed E-state index contributed by atoms with van der Waals surface area (Å²) in [4.78, 5) is 0. The van der Waals surface area contributed by atoms with Crippen LogP contribution in [0.5, 0.6) is 5.75 Å². The predicted molar refractivity (Wildman–Crippen MR) is 90.7 cm³/mol. The highest BCUT2D eigenvalue weighted by atomic mass is 127. The molecule has 23 heavy (non-hydrogen) atoms. The van der Waals surface area contributed by atoms with E-state index in [1.165, 1.54) is 0 Å². The number of hydrogen-bond donors (Lipinski definition) is 1. The molecule has 2 aliphatic heterocycles. The van der Waals surface area contributed by atoms with Gasteiger partial charge in [0.1, 0.15) is 11.9 Å². The van der Waals surface area contributed by atoms with Gasteiger partial charge in [0.25, 0.3) is 0 Å². The Morgan fingerprint density at radius 2 is 2.22 bits per heavy atom. The van der Waals surface area contributed by atoms with Gasteiger partial charge in [-0.2, -0.15) is 0 Å². The maximum absolute atomic E-state index is 10.9. The lowest BCUT2D eigenvalue weighted by atomic mass is 9.95. The SMILES string of the molecule is CCO[C@@H]1O[C@H](CI)[C@H]2O[C@@H](c3cccc(OC)c3)OC[C@@]12O. The van der Waals surface area contributed by atoms with Crippen LogP contribution in [0.3, 0.4) is 0 Å². The topological polar surface area (TPSA) is 66.4 Å². The van der Waals surface area contributed by atoms with E-state index in [1.54, 1.807) is 7.11 Å². The average Bonchev–Trinajstić information content (AvgIpc) is 2.86. The fourth-order valence-corrected chi connectivity index (χ4v) is 3.63. The summed E-state index contributed by atoms with van der Waals surface area (Å²) >= 11 is 2.22. The van der Waals surface area contributed by atoms with Gasteiger partial charge in [0.15, 0.2) is 18.2 Å². The van der Waals surface area contributed by atoms with Gasteiger partial charge in [-0.3, -0.25) is 0 Å². The monoisotopic (exact) mass is 436 g/mol. The van der Waals surface area contributed by atoms with Gasteiger partial charge in [-0.05, 0) is 19.1 Å². The highest BCUT2D eigenvalue weighted by Crippen LogP contribution is 2.42. The highest BCUT2D eigenvalue weighted by Gasteiger charge is 2.60. The van der Waals surface area contributed by atoms with Gasteiger partial charge in [0.2, 0.25) is 0 Å². The number of aliphatic hydroxyl groups is 1. The van der Waals surface area contributed by atoms with Crippen molar-refractivity contribution in [2.75, 3.05) is 24.8 Å². The van der Waals surface area contributed by atoms with Gasteiger partial charge in [-0.1, -0.05) is 34.7 Å². The quantitative estimate of drug-likeness (QED) is 0.563. The Hall–Kier alpha value is -0.450. The molecule has 0 bridgehead atoms. The zero-order chi connectivity index (χ0) is 16.4. The molecule has 2 fully saturated rings. The van der Waals surface area contributed by atoms with Crippen LogP contribution in [0.1, 0.15) is 18.8 Å². The molecule has 1 aromatic carbocycles. The van der Waals surface area contributed by atoms with E-state index in [-0.39, 0.29) is 12.7 Å². The van der Waals surface area contributed by atoms with E-state index in [0.29, 0.717) is 11.0 Å². The average molecular weight is 436 g/mol. The number of hydrogen-bond acceptors (Lipinski definition) is 6. The maximum atomic E-state index is 10.9. The minimum atomic E-state index is -1.29. The molecular formula is C16H21IO6. The standard InChI is InChI=1S/C16H21IO6/c1-3-20-15-16(18)9-21-14(23-13(16)12(8-17)22-15)10-5-4-6-11(7-10)19-2/h4-7,12-15,18H,3,8-9H2,1-2H3/t12-,13-,14+,15-,16+/m1/s1. The second kappa shape index (κ2) is 7.20. The number of benzene rings is 1. The summed E-state index contributed by atoms with van der Waals surface area (Å²) in [6, 6.07) is 7.52. The van der Waals surface area contributed by atoms with Crippen molar-refractivity contribution in [2.45, 2.75) is 37.3 Å².